The van der Waals surface area contributed by atoms with Gasteiger partial charge < -0.3 is 63.8 Å². The van der Waals surface area contributed by atoms with Crippen LogP contribution in [0, 0.1) is 11.8 Å². The van der Waals surface area contributed by atoms with Crippen molar-refractivity contribution >= 4 is 59.3 Å². The van der Waals surface area contributed by atoms with Crippen molar-refractivity contribution in [3.63, 3.8) is 0 Å². The van der Waals surface area contributed by atoms with E-state index in [1.54, 1.807) is 65.0 Å². The average molecular weight is 903 g/mol. The van der Waals surface area contributed by atoms with E-state index in [1.807, 2.05) is 0 Å². The highest BCUT2D eigenvalue weighted by Gasteiger charge is 2.39. The molecule has 0 radical (unpaired) electrons. The fraction of sp³-hybridized carbons (Fsp3) is 0.619. The second-order valence-corrected chi connectivity index (χ2v) is 16.1. The minimum absolute atomic E-state index is 0.0169. The zero-order chi connectivity index (χ0) is 48.1. The number of nitrogens with two attached hydrogens (primary N) is 2. The molecular weight excluding hydrogens is 837 g/mol. The van der Waals surface area contributed by atoms with Crippen molar-refractivity contribution in [1.29, 1.82) is 0 Å². The van der Waals surface area contributed by atoms with Gasteiger partial charge in [-0.3, -0.25) is 38.4 Å². The van der Waals surface area contributed by atoms with Crippen molar-refractivity contribution < 1.29 is 57.8 Å². The van der Waals surface area contributed by atoms with Crippen molar-refractivity contribution in [2.45, 2.75) is 141 Å². The summed E-state index contributed by atoms with van der Waals surface area (Å²) in [7, 11) is 0. The number of aliphatic hydroxyl groups is 1. The first kappa shape index (κ1) is 53.8. The van der Waals surface area contributed by atoms with E-state index in [0.717, 1.165) is 0 Å². The SMILES string of the molecule is CCCC(=O)N[C@@H](CCC(N)=O)C(=O)N[C@@H]1C(=O)N[C@@H](CCCNC(N)=O)C(=O)N[C@@H](CO)C(=O)N[C@@H]([C@@H](C)CC)C(=O)N[C@@H](Cc2ccccc2)C(=O)N[C@@H](C(C)C)C(=O)O[C@@H]1C. The first-order chi connectivity index (χ1) is 30.2. The third kappa shape index (κ3) is 17.8. The van der Waals surface area contributed by atoms with Gasteiger partial charge in [0.05, 0.1) is 6.61 Å². The maximum atomic E-state index is 14.3. The Balaban J connectivity index is 2.77. The van der Waals surface area contributed by atoms with Gasteiger partial charge in [-0.25, -0.2) is 9.59 Å². The number of carbonyl (C=O) groups is 10. The Kier molecular flexibility index (Phi) is 22.7. The molecule has 10 amide bonds. The third-order valence-electron chi connectivity index (χ3n) is 10.5. The Hall–Kier alpha value is -6.32. The lowest BCUT2D eigenvalue weighted by molar-refractivity contribution is -0.157. The highest BCUT2D eigenvalue weighted by atomic mass is 16.5. The molecule has 0 aromatic heterocycles. The molecule has 1 saturated heterocycles. The molecule has 1 aromatic rings. The highest BCUT2D eigenvalue weighted by molar-refractivity contribution is 5.98. The maximum Gasteiger partial charge on any atom is 0.329 e. The number of urea groups is 1. The number of ether oxygens (including phenoxy) is 1. The first-order valence-corrected chi connectivity index (χ1v) is 21.5. The van der Waals surface area contributed by atoms with Crippen LogP contribution in [0.1, 0.15) is 92.1 Å². The molecule has 0 spiro atoms. The molecule has 0 aliphatic carbocycles. The summed E-state index contributed by atoms with van der Waals surface area (Å²) in [6.45, 7) is 8.59. The maximum absolute atomic E-state index is 14.3. The van der Waals surface area contributed by atoms with E-state index < -0.39 is 126 Å². The standard InChI is InChI=1S/C42H66N10O12/c1-7-13-31(55)46-27(17-18-30(43)54)36(57)52-34-24(6)64-41(62)32(22(3)4)50-37(58)28(20-25-14-10-9-11-15-25)48-39(60)33(23(5)8-2)51-38(59)29(21-53)49-35(56)26(47-40(34)61)16-12-19-45-42(44)63/h9-11,14-15,22-24,26-29,32-34,53H,7-8,12-13,16-21H2,1-6H3,(H2,43,54)(H,46,55)(H,47,61)(H,48,60)(H,49,56)(H,50,58)(H,51,59)(H,52,57)(H3,44,45,63)/t23-,24+,26-,27-,28-,29-,32-,33-,34-/m0/s1. The van der Waals surface area contributed by atoms with Gasteiger partial charge in [0, 0.05) is 25.8 Å². The predicted molar refractivity (Wildman–Crippen MR) is 231 cm³/mol. The van der Waals surface area contributed by atoms with Crippen molar-refractivity contribution in [2.75, 3.05) is 13.2 Å². The summed E-state index contributed by atoms with van der Waals surface area (Å²) < 4.78 is 5.77. The topological polar surface area (TPSA) is 348 Å². The molecule has 1 aromatic carbocycles. The number of carbonyl (C=O) groups excluding carboxylic acids is 10. The number of hydrogen-bond acceptors (Lipinski definition) is 12. The molecule has 0 saturated carbocycles. The first-order valence-electron chi connectivity index (χ1n) is 21.5. The van der Waals surface area contributed by atoms with E-state index in [9.17, 15) is 53.1 Å². The van der Waals surface area contributed by atoms with Crippen LogP contribution < -0.4 is 54.0 Å². The van der Waals surface area contributed by atoms with E-state index in [4.69, 9.17) is 16.2 Å². The van der Waals surface area contributed by atoms with Gasteiger partial charge >= 0.3 is 12.0 Å². The van der Waals surface area contributed by atoms with Crippen LogP contribution in [0.15, 0.2) is 30.3 Å². The zero-order valence-electron chi connectivity index (χ0n) is 37.3. The minimum atomic E-state index is -1.82. The van der Waals surface area contributed by atoms with Crippen LogP contribution in [0.2, 0.25) is 0 Å². The second-order valence-electron chi connectivity index (χ2n) is 16.1. The van der Waals surface area contributed by atoms with Gasteiger partial charge in [-0.1, -0.05) is 71.4 Å². The highest BCUT2D eigenvalue weighted by Crippen LogP contribution is 2.14. The molecule has 0 unspecified atom stereocenters. The van der Waals surface area contributed by atoms with Crippen LogP contribution >= 0.6 is 0 Å². The summed E-state index contributed by atoms with van der Waals surface area (Å²) in [4.78, 5) is 134. The quantitative estimate of drug-likeness (QED) is 0.0551. The van der Waals surface area contributed by atoms with Gasteiger partial charge in [-0.05, 0) is 50.0 Å². The van der Waals surface area contributed by atoms with Gasteiger partial charge in [-0.15, -0.1) is 0 Å². The molecule has 1 aliphatic heterocycles. The number of nitrogens with one attached hydrogen (secondary N) is 8. The molecule has 1 heterocycles. The summed E-state index contributed by atoms with van der Waals surface area (Å²) in [6, 6.07) is -2.66. The van der Waals surface area contributed by atoms with Gasteiger partial charge in [0.15, 0.2) is 0 Å². The lowest BCUT2D eigenvalue weighted by atomic mass is 9.96. The van der Waals surface area contributed by atoms with Crippen LogP contribution in [-0.2, 0) is 54.3 Å². The summed E-state index contributed by atoms with van der Waals surface area (Å²) in [6.07, 6.45) is -1.63. The molecule has 0 bridgehead atoms. The Labute approximate surface area is 372 Å². The fourth-order valence-electron chi connectivity index (χ4n) is 6.57. The molecule has 13 N–H and O–H groups in total. The van der Waals surface area contributed by atoms with Crippen LogP contribution in [0.25, 0.3) is 0 Å². The summed E-state index contributed by atoms with van der Waals surface area (Å²) in [5.41, 5.74) is 11.1. The van der Waals surface area contributed by atoms with Crippen molar-refractivity contribution in [3.8, 4) is 0 Å². The fourth-order valence-corrected chi connectivity index (χ4v) is 6.57. The van der Waals surface area contributed by atoms with E-state index in [0.29, 0.717) is 18.4 Å². The Morgan fingerprint density at radius 3 is 1.95 bits per heavy atom. The second kappa shape index (κ2) is 27.0. The molecule has 1 fully saturated rings. The third-order valence-corrected chi connectivity index (χ3v) is 10.5. The number of esters is 1. The number of primary amides is 2. The summed E-state index contributed by atoms with van der Waals surface area (Å²) in [5, 5.41) is 30.4. The summed E-state index contributed by atoms with van der Waals surface area (Å²) >= 11 is 0. The van der Waals surface area contributed by atoms with Crippen LogP contribution in [0.3, 0.4) is 0 Å². The van der Waals surface area contributed by atoms with Gasteiger partial charge in [-0.2, -0.15) is 0 Å². The Morgan fingerprint density at radius 2 is 1.38 bits per heavy atom. The molecule has 356 valence electrons. The Bertz CT molecular complexity index is 1800. The molecule has 22 heteroatoms. The molecule has 2 rings (SSSR count). The summed E-state index contributed by atoms with van der Waals surface area (Å²) in [5.74, 6) is -9.23. The van der Waals surface area contributed by atoms with E-state index >= 15 is 0 Å². The van der Waals surface area contributed by atoms with Crippen molar-refractivity contribution in [1.82, 2.24) is 42.5 Å². The van der Waals surface area contributed by atoms with Gasteiger partial charge in [0.2, 0.25) is 47.3 Å². The van der Waals surface area contributed by atoms with Gasteiger partial charge in [0.1, 0.15) is 48.4 Å². The van der Waals surface area contributed by atoms with Crippen molar-refractivity contribution in [2.24, 2.45) is 23.3 Å². The van der Waals surface area contributed by atoms with Crippen LogP contribution in [0.4, 0.5) is 4.79 Å². The number of rotatable bonds is 18. The smallest absolute Gasteiger partial charge is 0.329 e. The number of aliphatic hydroxyl groups excluding tert-OH is 1. The van der Waals surface area contributed by atoms with E-state index in [2.05, 4.69) is 42.5 Å². The number of benzene rings is 1. The molecule has 64 heavy (non-hydrogen) atoms. The number of amides is 10. The lowest BCUT2D eigenvalue weighted by Gasteiger charge is -2.30. The molecule has 22 nitrogen and oxygen atoms in total. The molecular formula is C42H66N10O12. The number of cyclic esters (lactones) is 1. The zero-order valence-corrected chi connectivity index (χ0v) is 37.3. The minimum Gasteiger partial charge on any atom is -0.458 e. The largest absolute Gasteiger partial charge is 0.458 e. The van der Waals surface area contributed by atoms with Crippen LogP contribution in [-0.4, -0.2) is 126 Å². The van der Waals surface area contributed by atoms with E-state index in [1.165, 1.54) is 6.92 Å². The van der Waals surface area contributed by atoms with E-state index in [-0.39, 0.29) is 45.1 Å². The molecule has 9 atom stereocenters. The Morgan fingerprint density at radius 1 is 0.781 bits per heavy atom. The average Bonchev–Trinajstić information content (AvgIpc) is 3.24. The van der Waals surface area contributed by atoms with Crippen LogP contribution in [0.5, 0.6) is 0 Å². The van der Waals surface area contributed by atoms with Gasteiger partial charge in [0.25, 0.3) is 0 Å². The number of hydrogen-bond donors (Lipinski definition) is 11. The normalized spacial score (nSPS) is 23.8. The molecule has 1 aliphatic rings. The van der Waals surface area contributed by atoms with Crippen molar-refractivity contribution in [3.05, 3.63) is 35.9 Å². The predicted octanol–water partition coefficient (Wildman–Crippen LogP) is -2.22. The lowest BCUT2D eigenvalue weighted by Crippen LogP contribution is -2.62. The monoisotopic (exact) mass is 902 g/mol.